The van der Waals surface area contributed by atoms with Crippen molar-refractivity contribution in [3.8, 4) is 5.75 Å². The quantitative estimate of drug-likeness (QED) is 0.857. The zero-order valence-corrected chi connectivity index (χ0v) is 14.3. The third kappa shape index (κ3) is 5.10. The minimum absolute atomic E-state index is 0.270. The lowest BCUT2D eigenvalue weighted by Gasteiger charge is -2.35. The summed E-state index contributed by atoms with van der Waals surface area (Å²) < 4.78 is 24.1. The summed E-state index contributed by atoms with van der Waals surface area (Å²) in [5, 5.41) is 0. The molecule has 0 atom stereocenters. The fourth-order valence-electron chi connectivity index (χ4n) is 2.53. The SMILES string of the molecule is COc1ccc(F)cc1CN1CCN(C(=O)OC(C)(C)C)CC1. The van der Waals surface area contributed by atoms with E-state index in [2.05, 4.69) is 4.90 Å². The zero-order valence-electron chi connectivity index (χ0n) is 14.3. The fourth-order valence-corrected chi connectivity index (χ4v) is 2.53. The molecule has 0 aromatic heterocycles. The van der Waals surface area contributed by atoms with Gasteiger partial charge in [0.2, 0.25) is 0 Å². The average Bonchev–Trinajstić information content (AvgIpc) is 2.46. The monoisotopic (exact) mass is 324 g/mol. The van der Waals surface area contributed by atoms with Gasteiger partial charge in [-0.15, -0.1) is 0 Å². The van der Waals surface area contributed by atoms with E-state index in [-0.39, 0.29) is 11.9 Å². The van der Waals surface area contributed by atoms with Crippen LogP contribution in [0.1, 0.15) is 26.3 Å². The molecule has 0 bridgehead atoms. The molecule has 1 aromatic carbocycles. The molecular weight excluding hydrogens is 299 g/mol. The van der Waals surface area contributed by atoms with E-state index in [9.17, 15) is 9.18 Å². The molecule has 1 fully saturated rings. The van der Waals surface area contributed by atoms with Crippen molar-refractivity contribution in [1.29, 1.82) is 0 Å². The maximum absolute atomic E-state index is 13.4. The summed E-state index contributed by atoms with van der Waals surface area (Å²) in [5.41, 5.74) is 0.335. The van der Waals surface area contributed by atoms with Gasteiger partial charge >= 0.3 is 6.09 Å². The van der Waals surface area contributed by atoms with Gasteiger partial charge in [-0.05, 0) is 39.0 Å². The number of rotatable bonds is 3. The van der Waals surface area contributed by atoms with Crippen LogP contribution in [0.5, 0.6) is 5.75 Å². The number of carbonyl (C=O) groups excluding carboxylic acids is 1. The number of hydrogen-bond acceptors (Lipinski definition) is 4. The molecule has 1 heterocycles. The standard InChI is InChI=1S/C17H25FN2O3/c1-17(2,3)23-16(21)20-9-7-19(8-10-20)12-13-11-14(18)5-6-15(13)22-4/h5-6,11H,7-10,12H2,1-4H3. The van der Waals surface area contributed by atoms with E-state index in [0.717, 1.165) is 18.7 Å². The summed E-state index contributed by atoms with van der Waals surface area (Å²) in [6.45, 7) is 8.83. The summed E-state index contributed by atoms with van der Waals surface area (Å²) in [6.07, 6.45) is -0.277. The van der Waals surface area contributed by atoms with E-state index in [1.54, 1.807) is 18.1 Å². The number of carbonyl (C=O) groups is 1. The third-order valence-electron chi connectivity index (χ3n) is 3.66. The molecule has 1 saturated heterocycles. The van der Waals surface area contributed by atoms with Crippen LogP contribution in [0, 0.1) is 5.82 Å². The van der Waals surface area contributed by atoms with Gasteiger partial charge in [0.25, 0.3) is 0 Å². The molecule has 0 spiro atoms. The van der Waals surface area contributed by atoms with Gasteiger partial charge in [0.1, 0.15) is 17.2 Å². The first-order valence-electron chi connectivity index (χ1n) is 7.81. The van der Waals surface area contributed by atoms with E-state index in [0.29, 0.717) is 25.4 Å². The number of piperazine rings is 1. The van der Waals surface area contributed by atoms with Crippen molar-refractivity contribution in [1.82, 2.24) is 9.80 Å². The van der Waals surface area contributed by atoms with E-state index in [1.807, 2.05) is 20.8 Å². The average molecular weight is 324 g/mol. The highest BCUT2D eigenvalue weighted by molar-refractivity contribution is 5.68. The highest BCUT2D eigenvalue weighted by Crippen LogP contribution is 2.22. The van der Waals surface area contributed by atoms with Crippen LogP contribution in [-0.2, 0) is 11.3 Å². The van der Waals surface area contributed by atoms with Crippen LogP contribution in [0.4, 0.5) is 9.18 Å². The first-order valence-corrected chi connectivity index (χ1v) is 7.81. The number of halogens is 1. The van der Waals surface area contributed by atoms with Crippen LogP contribution in [0.2, 0.25) is 0 Å². The molecule has 6 heteroatoms. The Labute approximate surface area is 137 Å². The van der Waals surface area contributed by atoms with Crippen molar-refractivity contribution >= 4 is 6.09 Å². The van der Waals surface area contributed by atoms with E-state index in [4.69, 9.17) is 9.47 Å². The van der Waals surface area contributed by atoms with Crippen LogP contribution in [-0.4, -0.2) is 54.8 Å². The number of nitrogens with zero attached hydrogens (tertiary/aromatic N) is 2. The van der Waals surface area contributed by atoms with Crippen LogP contribution in [0.3, 0.4) is 0 Å². The lowest BCUT2D eigenvalue weighted by Crippen LogP contribution is -2.49. The normalized spacial score (nSPS) is 16.3. The lowest BCUT2D eigenvalue weighted by atomic mass is 10.1. The summed E-state index contributed by atoms with van der Waals surface area (Å²) in [7, 11) is 1.58. The Morgan fingerprint density at radius 3 is 2.43 bits per heavy atom. The summed E-state index contributed by atoms with van der Waals surface area (Å²) >= 11 is 0. The Morgan fingerprint density at radius 1 is 1.22 bits per heavy atom. The van der Waals surface area contributed by atoms with Gasteiger partial charge in [-0.3, -0.25) is 4.90 Å². The zero-order chi connectivity index (χ0) is 17.0. The fraction of sp³-hybridized carbons (Fsp3) is 0.588. The van der Waals surface area contributed by atoms with Crippen molar-refractivity contribution in [2.45, 2.75) is 32.9 Å². The molecular formula is C17H25FN2O3. The van der Waals surface area contributed by atoms with Gasteiger partial charge in [-0.2, -0.15) is 0 Å². The highest BCUT2D eigenvalue weighted by Gasteiger charge is 2.26. The van der Waals surface area contributed by atoms with Gasteiger partial charge in [-0.1, -0.05) is 0 Å². The van der Waals surface area contributed by atoms with Gasteiger partial charge in [-0.25, -0.2) is 9.18 Å². The van der Waals surface area contributed by atoms with Crippen LogP contribution < -0.4 is 4.74 Å². The minimum atomic E-state index is -0.483. The van der Waals surface area contributed by atoms with Gasteiger partial charge in [0.15, 0.2) is 0 Å². The molecule has 1 aromatic rings. The van der Waals surface area contributed by atoms with E-state index in [1.165, 1.54) is 12.1 Å². The van der Waals surface area contributed by atoms with Crippen LogP contribution >= 0.6 is 0 Å². The first kappa shape index (κ1) is 17.5. The van der Waals surface area contributed by atoms with E-state index < -0.39 is 5.60 Å². The van der Waals surface area contributed by atoms with Gasteiger partial charge in [0, 0.05) is 38.3 Å². The molecule has 2 rings (SSSR count). The molecule has 5 nitrogen and oxygen atoms in total. The van der Waals surface area contributed by atoms with Crippen molar-refractivity contribution < 1.29 is 18.7 Å². The summed E-state index contributed by atoms with van der Waals surface area (Å²) in [5.74, 6) is 0.411. The first-order chi connectivity index (χ1) is 10.8. The molecule has 1 aliphatic heterocycles. The number of amides is 1. The Kier molecular flexibility index (Phi) is 5.46. The molecule has 0 saturated carbocycles. The van der Waals surface area contributed by atoms with Gasteiger partial charge < -0.3 is 14.4 Å². The largest absolute Gasteiger partial charge is 0.496 e. The molecule has 1 aliphatic rings. The molecule has 0 radical (unpaired) electrons. The second-order valence-corrected chi connectivity index (χ2v) is 6.70. The second kappa shape index (κ2) is 7.17. The second-order valence-electron chi connectivity index (χ2n) is 6.70. The van der Waals surface area contributed by atoms with Crippen molar-refractivity contribution in [2.75, 3.05) is 33.3 Å². The summed E-state index contributed by atoms with van der Waals surface area (Å²) in [6, 6.07) is 4.53. The number of benzene rings is 1. The molecule has 128 valence electrons. The Morgan fingerprint density at radius 2 is 1.87 bits per heavy atom. The molecule has 1 amide bonds. The predicted molar refractivity (Wildman–Crippen MR) is 86.0 cm³/mol. The predicted octanol–water partition coefficient (Wildman–Crippen LogP) is 2.89. The molecule has 0 unspecified atom stereocenters. The maximum Gasteiger partial charge on any atom is 0.410 e. The van der Waals surface area contributed by atoms with Gasteiger partial charge in [0.05, 0.1) is 7.11 Å². The number of ether oxygens (including phenoxy) is 2. The molecule has 0 N–H and O–H groups in total. The van der Waals surface area contributed by atoms with Crippen molar-refractivity contribution in [3.63, 3.8) is 0 Å². The third-order valence-corrected chi connectivity index (χ3v) is 3.66. The number of hydrogen-bond donors (Lipinski definition) is 0. The topological polar surface area (TPSA) is 42.0 Å². The lowest BCUT2D eigenvalue weighted by molar-refractivity contribution is 0.0138. The Bertz CT molecular complexity index is 549. The summed E-state index contributed by atoms with van der Waals surface area (Å²) in [4.78, 5) is 15.9. The Hall–Kier alpha value is -1.82. The highest BCUT2D eigenvalue weighted by atomic mass is 19.1. The maximum atomic E-state index is 13.4. The van der Waals surface area contributed by atoms with Crippen molar-refractivity contribution in [2.24, 2.45) is 0 Å². The van der Waals surface area contributed by atoms with Crippen molar-refractivity contribution in [3.05, 3.63) is 29.6 Å². The minimum Gasteiger partial charge on any atom is -0.496 e. The Balaban J connectivity index is 1.90. The van der Waals surface area contributed by atoms with Crippen LogP contribution in [0.15, 0.2) is 18.2 Å². The number of methoxy groups -OCH3 is 1. The van der Waals surface area contributed by atoms with Crippen LogP contribution in [0.25, 0.3) is 0 Å². The van der Waals surface area contributed by atoms with E-state index >= 15 is 0 Å². The smallest absolute Gasteiger partial charge is 0.410 e. The molecule has 0 aliphatic carbocycles. The molecule has 23 heavy (non-hydrogen) atoms.